The normalized spacial score (nSPS) is 18.1. The lowest BCUT2D eigenvalue weighted by atomic mass is 10.0. The van der Waals surface area contributed by atoms with E-state index >= 15 is 0 Å². The van der Waals surface area contributed by atoms with Gasteiger partial charge in [-0.2, -0.15) is 5.10 Å². The van der Waals surface area contributed by atoms with E-state index in [0.29, 0.717) is 0 Å². The number of fused-ring (bicyclic) bond motifs is 1. The quantitative estimate of drug-likeness (QED) is 0.759. The number of aromatic amines is 1. The second kappa shape index (κ2) is 3.82. The van der Waals surface area contributed by atoms with E-state index in [1.807, 2.05) is 6.07 Å². The van der Waals surface area contributed by atoms with Crippen LogP contribution in [0.1, 0.15) is 11.1 Å². The molecule has 0 aliphatic heterocycles. The van der Waals surface area contributed by atoms with E-state index in [1.54, 1.807) is 6.07 Å². The third-order valence-electron chi connectivity index (χ3n) is 3.15. The number of nitrogens with zero attached hydrogens (tertiary/aromatic N) is 1. The zero-order valence-electron chi connectivity index (χ0n) is 9.31. The zero-order chi connectivity index (χ0) is 11.8. The van der Waals surface area contributed by atoms with E-state index < -0.39 is 0 Å². The van der Waals surface area contributed by atoms with Crippen LogP contribution in [0.5, 0.6) is 0 Å². The minimum absolute atomic E-state index is 0.183. The number of aromatic nitrogens is 2. The minimum Gasteiger partial charge on any atom is -0.327 e. The molecule has 4 nitrogen and oxygen atoms in total. The van der Waals surface area contributed by atoms with Crippen molar-refractivity contribution in [2.75, 3.05) is 0 Å². The van der Waals surface area contributed by atoms with E-state index in [4.69, 9.17) is 5.73 Å². The van der Waals surface area contributed by atoms with Gasteiger partial charge in [0.25, 0.3) is 5.56 Å². The van der Waals surface area contributed by atoms with Gasteiger partial charge in [-0.15, -0.1) is 0 Å². The third-order valence-corrected chi connectivity index (χ3v) is 3.15. The molecule has 0 radical (unpaired) electrons. The fourth-order valence-electron chi connectivity index (χ4n) is 2.32. The summed E-state index contributed by atoms with van der Waals surface area (Å²) in [6.45, 7) is 0. The van der Waals surface area contributed by atoms with Crippen LogP contribution in [-0.4, -0.2) is 16.2 Å². The van der Waals surface area contributed by atoms with E-state index in [2.05, 4.69) is 22.3 Å². The first-order valence-electron chi connectivity index (χ1n) is 5.66. The Morgan fingerprint density at radius 2 is 2.00 bits per heavy atom. The molecule has 86 valence electrons. The van der Waals surface area contributed by atoms with E-state index in [1.165, 1.54) is 17.2 Å². The first kappa shape index (κ1) is 10.2. The summed E-state index contributed by atoms with van der Waals surface area (Å²) < 4.78 is 0. The molecule has 1 aliphatic carbocycles. The van der Waals surface area contributed by atoms with E-state index in [0.717, 1.165) is 24.1 Å². The van der Waals surface area contributed by atoms with Gasteiger partial charge in [-0.25, -0.2) is 5.10 Å². The van der Waals surface area contributed by atoms with Crippen molar-refractivity contribution in [3.8, 4) is 11.3 Å². The van der Waals surface area contributed by atoms with Crippen molar-refractivity contribution in [3.63, 3.8) is 0 Å². The summed E-state index contributed by atoms with van der Waals surface area (Å²) in [7, 11) is 0. The van der Waals surface area contributed by atoms with Gasteiger partial charge in [0.2, 0.25) is 0 Å². The number of benzene rings is 1. The first-order chi connectivity index (χ1) is 8.22. The lowest BCUT2D eigenvalue weighted by molar-refractivity contribution is 0.721. The SMILES string of the molecule is NC1Cc2ccc(-c3ccc(=O)[nH]n3)cc2C1. The summed E-state index contributed by atoms with van der Waals surface area (Å²) >= 11 is 0. The Kier molecular flexibility index (Phi) is 2.30. The van der Waals surface area contributed by atoms with Gasteiger partial charge in [0.1, 0.15) is 0 Å². The first-order valence-corrected chi connectivity index (χ1v) is 5.66. The molecule has 3 rings (SSSR count). The maximum absolute atomic E-state index is 10.9. The predicted octanol–water partition coefficient (Wildman–Crippen LogP) is 0.863. The second-order valence-electron chi connectivity index (χ2n) is 4.46. The molecule has 1 aromatic carbocycles. The van der Waals surface area contributed by atoms with Crippen molar-refractivity contribution in [2.45, 2.75) is 18.9 Å². The molecule has 2 aromatic rings. The molecule has 1 aliphatic rings. The fourth-order valence-corrected chi connectivity index (χ4v) is 2.32. The van der Waals surface area contributed by atoms with Gasteiger partial charge in [-0.3, -0.25) is 4.79 Å². The highest BCUT2D eigenvalue weighted by atomic mass is 16.1. The molecule has 1 unspecified atom stereocenters. The maximum atomic E-state index is 10.9. The van der Waals surface area contributed by atoms with Crippen LogP contribution >= 0.6 is 0 Å². The van der Waals surface area contributed by atoms with Gasteiger partial charge < -0.3 is 5.73 Å². The van der Waals surface area contributed by atoms with Crippen LogP contribution in [0, 0.1) is 0 Å². The molecule has 17 heavy (non-hydrogen) atoms. The van der Waals surface area contributed by atoms with Gasteiger partial charge in [-0.05, 0) is 36.1 Å². The number of hydrogen-bond acceptors (Lipinski definition) is 3. The number of hydrogen-bond donors (Lipinski definition) is 2. The molecule has 0 saturated heterocycles. The maximum Gasteiger partial charge on any atom is 0.264 e. The van der Waals surface area contributed by atoms with E-state index in [-0.39, 0.29) is 11.6 Å². The van der Waals surface area contributed by atoms with Crippen LogP contribution in [0.25, 0.3) is 11.3 Å². The summed E-state index contributed by atoms with van der Waals surface area (Å²) in [6, 6.07) is 9.70. The summed E-state index contributed by atoms with van der Waals surface area (Å²) in [6.07, 6.45) is 1.88. The Labute approximate surface area is 98.5 Å². The van der Waals surface area contributed by atoms with Crippen molar-refractivity contribution in [1.82, 2.24) is 10.2 Å². The number of rotatable bonds is 1. The van der Waals surface area contributed by atoms with Crippen molar-refractivity contribution >= 4 is 0 Å². The van der Waals surface area contributed by atoms with Gasteiger partial charge in [0.05, 0.1) is 5.69 Å². The molecule has 1 heterocycles. The molecule has 0 fully saturated rings. The molecule has 0 amide bonds. The summed E-state index contributed by atoms with van der Waals surface area (Å²) in [5, 5.41) is 6.47. The molecule has 3 N–H and O–H groups in total. The van der Waals surface area contributed by atoms with Crippen molar-refractivity contribution < 1.29 is 0 Å². The average Bonchev–Trinajstić information content (AvgIpc) is 2.69. The molecular weight excluding hydrogens is 214 g/mol. The van der Waals surface area contributed by atoms with Crippen LogP contribution in [0.3, 0.4) is 0 Å². The van der Waals surface area contributed by atoms with Crippen LogP contribution in [0.4, 0.5) is 0 Å². The second-order valence-corrected chi connectivity index (χ2v) is 4.46. The highest BCUT2D eigenvalue weighted by Gasteiger charge is 2.18. The van der Waals surface area contributed by atoms with Crippen molar-refractivity contribution in [3.05, 3.63) is 51.8 Å². The molecule has 1 atom stereocenters. The molecule has 0 saturated carbocycles. The Balaban J connectivity index is 2.03. The van der Waals surface area contributed by atoms with Gasteiger partial charge >= 0.3 is 0 Å². The molecule has 1 aromatic heterocycles. The Hall–Kier alpha value is -1.94. The lowest BCUT2D eigenvalue weighted by Crippen LogP contribution is -2.18. The van der Waals surface area contributed by atoms with Crippen LogP contribution in [0.2, 0.25) is 0 Å². The summed E-state index contributed by atoms with van der Waals surface area (Å²) in [5.74, 6) is 0. The zero-order valence-corrected chi connectivity index (χ0v) is 9.31. The average molecular weight is 227 g/mol. The highest BCUT2D eigenvalue weighted by Crippen LogP contribution is 2.26. The molecule has 4 heteroatoms. The fraction of sp³-hybridized carbons (Fsp3) is 0.231. The Bertz CT molecular complexity index is 598. The Morgan fingerprint density at radius 3 is 2.76 bits per heavy atom. The van der Waals surface area contributed by atoms with Gasteiger partial charge in [0.15, 0.2) is 0 Å². The summed E-state index contributed by atoms with van der Waals surface area (Å²) in [5.41, 5.74) is 10.2. The number of H-pyrrole nitrogens is 1. The smallest absolute Gasteiger partial charge is 0.264 e. The largest absolute Gasteiger partial charge is 0.327 e. The highest BCUT2D eigenvalue weighted by molar-refractivity contribution is 5.61. The number of nitrogens with two attached hydrogens (primary N) is 1. The topological polar surface area (TPSA) is 71.8 Å². The predicted molar refractivity (Wildman–Crippen MR) is 65.7 cm³/mol. The van der Waals surface area contributed by atoms with E-state index in [9.17, 15) is 4.79 Å². The molecule has 0 spiro atoms. The van der Waals surface area contributed by atoms with Crippen molar-refractivity contribution in [2.24, 2.45) is 5.73 Å². The molecular formula is C13H13N3O. The monoisotopic (exact) mass is 227 g/mol. The minimum atomic E-state index is -0.183. The van der Waals surface area contributed by atoms with Crippen LogP contribution in [-0.2, 0) is 12.8 Å². The van der Waals surface area contributed by atoms with Gasteiger partial charge in [0, 0.05) is 17.7 Å². The van der Waals surface area contributed by atoms with Gasteiger partial charge in [-0.1, -0.05) is 12.1 Å². The third kappa shape index (κ3) is 1.87. The van der Waals surface area contributed by atoms with Crippen LogP contribution in [0.15, 0.2) is 35.1 Å². The van der Waals surface area contributed by atoms with Crippen molar-refractivity contribution in [1.29, 1.82) is 0 Å². The lowest BCUT2D eigenvalue weighted by Gasteiger charge is -2.03. The van der Waals surface area contributed by atoms with Crippen LogP contribution < -0.4 is 11.3 Å². The summed E-state index contributed by atoms with van der Waals surface area (Å²) in [4.78, 5) is 10.9. The molecule has 0 bridgehead atoms. The standard InChI is InChI=1S/C13H13N3O/c14-11-6-8-1-2-9(5-10(8)7-11)12-3-4-13(17)16-15-12/h1-5,11H,6-7,14H2,(H,16,17). The Morgan fingerprint density at radius 1 is 1.18 bits per heavy atom. The number of nitrogens with one attached hydrogen (secondary N) is 1.